The molecule has 1 aromatic rings. The first-order valence-corrected chi connectivity index (χ1v) is 8.26. The molecule has 1 aromatic heterocycles. The third-order valence-corrected chi connectivity index (χ3v) is 4.95. The van der Waals surface area contributed by atoms with Crippen molar-refractivity contribution in [2.75, 3.05) is 19.7 Å². The predicted molar refractivity (Wildman–Crippen MR) is 81.8 cm³/mol. The Labute approximate surface area is 124 Å². The molecule has 1 saturated heterocycles. The summed E-state index contributed by atoms with van der Waals surface area (Å²) >= 11 is 1.71. The molecule has 2 atom stereocenters. The summed E-state index contributed by atoms with van der Waals surface area (Å²) in [5, 5.41) is 8.97. The molecular formula is C15H24N2O2S. The van der Waals surface area contributed by atoms with Crippen molar-refractivity contribution < 1.29 is 9.53 Å². The van der Waals surface area contributed by atoms with Gasteiger partial charge in [0.2, 0.25) is 0 Å². The number of hydrogen-bond acceptors (Lipinski definition) is 5. The molecule has 0 spiro atoms. The van der Waals surface area contributed by atoms with Crippen molar-refractivity contribution in [3.05, 3.63) is 22.4 Å². The summed E-state index contributed by atoms with van der Waals surface area (Å²) in [5.74, 6) is 0.181. The van der Waals surface area contributed by atoms with Crippen LogP contribution in [0, 0.1) is 5.92 Å². The zero-order valence-electron chi connectivity index (χ0n) is 12.3. The van der Waals surface area contributed by atoms with Crippen molar-refractivity contribution in [3.8, 4) is 0 Å². The highest BCUT2D eigenvalue weighted by Gasteiger charge is 2.47. The van der Waals surface area contributed by atoms with E-state index in [-0.39, 0.29) is 11.9 Å². The lowest BCUT2D eigenvalue weighted by Gasteiger charge is -2.42. The van der Waals surface area contributed by atoms with Gasteiger partial charge in [-0.1, -0.05) is 13.0 Å². The topological polar surface area (TPSA) is 50.4 Å². The molecule has 0 amide bonds. The zero-order chi connectivity index (χ0) is 14.4. The van der Waals surface area contributed by atoms with Crippen LogP contribution in [0.4, 0.5) is 0 Å². The summed E-state index contributed by atoms with van der Waals surface area (Å²) in [6.07, 6.45) is 1.75. The lowest BCUT2D eigenvalue weighted by molar-refractivity contribution is -0.155. The van der Waals surface area contributed by atoms with E-state index in [0.29, 0.717) is 6.61 Å². The Morgan fingerprint density at radius 1 is 1.60 bits per heavy atom. The zero-order valence-corrected chi connectivity index (χ0v) is 13.1. The monoisotopic (exact) mass is 296 g/mol. The highest BCUT2D eigenvalue weighted by Crippen LogP contribution is 2.29. The van der Waals surface area contributed by atoms with E-state index in [4.69, 9.17) is 4.74 Å². The van der Waals surface area contributed by atoms with Crippen LogP contribution in [0.2, 0.25) is 0 Å². The number of rotatable bonds is 6. The van der Waals surface area contributed by atoms with Crippen LogP contribution >= 0.6 is 11.3 Å². The van der Waals surface area contributed by atoms with Crippen molar-refractivity contribution in [3.63, 3.8) is 0 Å². The molecular weight excluding hydrogens is 272 g/mol. The van der Waals surface area contributed by atoms with Gasteiger partial charge in [0.25, 0.3) is 0 Å². The Morgan fingerprint density at radius 3 is 3.10 bits per heavy atom. The van der Waals surface area contributed by atoms with Crippen LogP contribution in [0.1, 0.15) is 31.6 Å². The van der Waals surface area contributed by atoms with Gasteiger partial charge in [0.05, 0.1) is 6.61 Å². The molecule has 112 valence electrons. The quantitative estimate of drug-likeness (QED) is 0.790. The maximum absolute atomic E-state index is 12.5. The van der Waals surface area contributed by atoms with Gasteiger partial charge in [0.15, 0.2) is 0 Å². The summed E-state index contributed by atoms with van der Waals surface area (Å²) < 4.78 is 5.36. The normalized spacial score (nSPS) is 26.4. The van der Waals surface area contributed by atoms with Crippen molar-refractivity contribution >= 4 is 17.3 Å². The number of carbonyl (C=O) groups excluding carboxylic acids is 1. The molecule has 1 aliphatic heterocycles. The van der Waals surface area contributed by atoms with E-state index in [2.05, 4.69) is 29.0 Å². The summed E-state index contributed by atoms with van der Waals surface area (Å²) in [4.78, 5) is 13.8. The second kappa shape index (κ2) is 7.20. The van der Waals surface area contributed by atoms with Gasteiger partial charge in [-0.05, 0) is 37.8 Å². The number of esters is 1. The van der Waals surface area contributed by atoms with E-state index in [1.165, 1.54) is 4.88 Å². The van der Waals surface area contributed by atoms with Crippen LogP contribution in [-0.4, -0.2) is 31.2 Å². The van der Waals surface area contributed by atoms with Crippen molar-refractivity contribution in [2.45, 2.75) is 38.8 Å². The Morgan fingerprint density at radius 2 is 2.45 bits per heavy atom. The van der Waals surface area contributed by atoms with Crippen LogP contribution < -0.4 is 10.6 Å². The second-order valence-electron chi connectivity index (χ2n) is 5.18. The average Bonchev–Trinajstić information content (AvgIpc) is 2.99. The van der Waals surface area contributed by atoms with Gasteiger partial charge in [-0.3, -0.25) is 10.1 Å². The third kappa shape index (κ3) is 3.22. The first-order valence-electron chi connectivity index (χ1n) is 7.38. The number of ether oxygens (including phenoxy) is 1. The van der Waals surface area contributed by atoms with E-state index >= 15 is 0 Å². The molecule has 5 heteroatoms. The van der Waals surface area contributed by atoms with Crippen LogP contribution in [-0.2, 0) is 16.1 Å². The number of thiophene rings is 1. The van der Waals surface area contributed by atoms with Gasteiger partial charge in [-0.25, -0.2) is 0 Å². The first-order chi connectivity index (χ1) is 9.73. The average molecular weight is 296 g/mol. The number of hydrogen-bond donors (Lipinski definition) is 2. The van der Waals surface area contributed by atoms with Gasteiger partial charge >= 0.3 is 5.97 Å². The smallest absolute Gasteiger partial charge is 0.326 e. The molecule has 0 saturated carbocycles. The van der Waals surface area contributed by atoms with Crippen molar-refractivity contribution in [2.24, 2.45) is 5.92 Å². The lowest BCUT2D eigenvalue weighted by atomic mass is 9.76. The minimum absolute atomic E-state index is 0.0927. The first kappa shape index (κ1) is 15.5. The van der Waals surface area contributed by atoms with Gasteiger partial charge in [0, 0.05) is 23.9 Å². The minimum Gasteiger partial charge on any atom is -0.465 e. The van der Waals surface area contributed by atoms with Crippen LogP contribution in [0.3, 0.4) is 0 Å². The lowest BCUT2D eigenvalue weighted by Crippen LogP contribution is -2.63. The van der Waals surface area contributed by atoms with Crippen molar-refractivity contribution in [1.29, 1.82) is 0 Å². The number of piperidine rings is 1. The predicted octanol–water partition coefficient (Wildman–Crippen LogP) is 2.16. The van der Waals surface area contributed by atoms with E-state index in [0.717, 1.165) is 32.5 Å². The Balaban J connectivity index is 2.15. The van der Waals surface area contributed by atoms with E-state index in [1.54, 1.807) is 11.3 Å². The van der Waals surface area contributed by atoms with Gasteiger partial charge in [-0.2, -0.15) is 0 Å². The van der Waals surface area contributed by atoms with E-state index in [9.17, 15) is 4.79 Å². The fourth-order valence-electron chi connectivity index (χ4n) is 2.92. The van der Waals surface area contributed by atoms with Gasteiger partial charge in [-0.15, -0.1) is 11.3 Å². The van der Waals surface area contributed by atoms with Gasteiger partial charge < -0.3 is 10.1 Å². The standard InChI is InChI=1S/C15H24N2O2S/c1-3-12-10-16-8-7-15(12,14(18)19-4-2)17-11-13-6-5-9-20-13/h5-6,9,12,16-17H,3-4,7-8,10-11H2,1-2H3. The summed E-state index contributed by atoms with van der Waals surface area (Å²) in [6.45, 7) is 6.89. The second-order valence-corrected chi connectivity index (χ2v) is 6.22. The van der Waals surface area contributed by atoms with Crippen LogP contribution in [0.25, 0.3) is 0 Å². The Bertz CT molecular complexity index is 422. The van der Waals surface area contributed by atoms with Crippen LogP contribution in [0.15, 0.2) is 17.5 Å². The molecule has 2 heterocycles. The fraction of sp³-hybridized carbons (Fsp3) is 0.667. The maximum atomic E-state index is 12.5. The summed E-state index contributed by atoms with van der Waals surface area (Å²) in [6, 6.07) is 4.14. The fourth-order valence-corrected chi connectivity index (χ4v) is 3.57. The SMILES string of the molecule is CCOC(=O)C1(NCc2cccs2)CCNCC1CC. The number of nitrogens with one attached hydrogen (secondary N) is 2. The highest BCUT2D eigenvalue weighted by atomic mass is 32.1. The molecule has 2 N–H and O–H groups in total. The highest BCUT2D eigenvalue weighted by molar-refractivity contribution is 7.09. The van der Waals surface area contributed by atoms with Gasteiger partial charge in [0.1, 0.15) is 5.54 Å². The molecule has 1 fully saturated rings. The minimum atomic E-state index is -0.542. The molecule has 2 unspecified atom stereocenters. The molecule has 4 nitrogen and oxygen atoms in total. The maximum Gasteiger partial charge on any atom is 0.326 e. The Hall–Kier alpha value is -0.910. The Kier molecular flexibility index (Phi) is 5.57. The largest absolute Gasteiger partial charge is 0.465 e. The summed E-state index contributed by atoms with van der Waals surface area (Å²) in [7, 11) is 0. The molecule has 2 rings (SSSR count). The van der Waals surface area contributed by atoms with E-state index < -0.39 is 5.54 Å². The van der Waals surface area contributed by atoms with E-state index in [1.807, 2.05) is 13.0 Å². The summed E-state index contributed by atoms with van der Waals surface area (Å²) in [5.41, 5.74) is -0.542. The number of carbonyl (C=O) groups is 1. The van der Waals surface area contributed by atoms with Crippen molar-refractivity contribution in [1.82, 2.24) is 10.6 Å². The molecule has 0 aromatic carbocycles. The third-order valence-electron chi connectivity index (χ3n) is 4.07. The molecule has 20 heavy (non-hydrogen) atoms. The molecule has 0 radical (unpaired) electrons. The molecule has 0 aliphatic carbocycles. The molecule has 1 aliphatic rings. The molecule has 0 bridgehead atoms. The van der Waals surface area contributed by atoms with Crippen LogP contribution in [0.5, 0.6) is 0 Å².